The number of hydrogen-bond acceptors (Lipinski definition) is 7. The van der Waals surface area contributed by atoms with Crippen LogP contribution >= 0.6 is 0 Å². The molecule has 3 aromatic rings. The molecule has 0 aliphatic carbocycles. The zero-order valence-electron chi connectivity index (χ0n) is 13.3. The fourth-order valence-electron chi connectivity index (χ4n) is 2.68. The van der Waals surface area contributed by atoms with E-state index in [1.54, 1.807) is 6.20 Å². The maximum Gasteiger partial charge on any atom is 0.290 e. The van der Waals surface area contributed by atoms with Gasteiger partial charge in [0.15, 0.2) is 0 Å². The smallest absolute Gasteiger partial charge is 0.290 e. The highest BCUT2D eigenvalue weighted by molar-refractivity contribution is 5.92. The van der Waals surface area contributed by atoms with E-state index >= 15 is 0 Å². The Kier molecular flexibility index (Phi) is 5.05. The van der Waals surface area contributed by atoms with Crippen LogP contribution in [0, 0.1) is 0 Å². The summed E-state index contributed by atoms with van der Waals surface area (Å²) >= 11 is 0. The van der Waals surface area contributed by atoms with Crippen LogP contribution in [0.4, 0.5) is 11.8 Å². The van der Waals surface area contributed by atoms with E-state index in [1.165, 1.54) is 0 Å². The van der Waals surface area contributed by atoms with Crippen LogP contribution in [0.2, 0.25) is 0 Å². The molecule has 0 spiro atoms. The second-order valence-corrected chi connectivity index (χ2v) is 5.44. The maximum atomic E-state index is 8.36. The predicted molar refractivity (Wildman–Crippen MR) is 93.1 cm³/mol. The van der Waals surface area contributed by atoms with Gasteiger partial charge < -0.3 is 20.9 Å². The highest BCUT2D eigenvalue weighted by Gasteiger charge is 2.17. The van der Waals surface area contributed by atoms with Crippen molar-refractivity contribution in [1.82, 2.24) is 20.2 Å². The summed E-state index contributed by atoms with van der Waals surface area (Å²) in [4.78, 5) is 17.0. The molecule has 1 atom stereocenters. The highest BCUT2D eigenvalue weighted by atomic mass is 16.5. The summed E-state index contributed by atoms with van der Waals surface area (Å²) in [7, 11) is 0. The van der Waals surface area contributed by atoms with Crippen LogP contribution in [0.3, 0.4) is 0 Å². The van der Waals surface area contributed by atoms with Crippen molar-refractivity contribution in [2.75, 3.05) is 24.3 Å². The van der Waals surface area contributed by atoms with Crippen LogP contribution in [0.1, 0.15) is 6.42 Å². The molecule has 1 aromatic carbocycles. The number of nitrogens with one attached hydrogen (secondary N) is 2. The molecule has 0 radical (unpaired) electrons. The summed E-state index contributed by atoms with van der Waals surface area (Å²) in [5.74, 6) is 1.02. The molecule has 130 valence electrons. The SMILES string of the molecule is Nc1nc(NC2CCOC2)c2ccc(-c3ccn[nH]3)cc2n1.O=CO. The molecule has 1 aliphatic heterocycles. The summed E-state index contributed by atoms with van der Waals surface area (Å²) in [6.07, 6.45) is 2.69. The lowest BCUT2D eigenvalue weighted by Crippen LogP contribution is -2.20. The third-order valence-electron chi connectivity index (χ3n) is 3.80. The number of aromatic amines is 1. The molecule has 1 saturated heterocycles. The number of benzene rings is 1. The predicted octanol–water partition coefficient (Wildman–Crippen LogP) is 1.50. The summed E-state index contributed by atoms with van der Waals surface area (Å²) in [6, 6.07) is 8.19. The zero-order chi connectivity index (χ0) is 17.6. The second kappa shape index (κ2) is 7.58. The minimum absolute atomic E-state index is 0.250. The molecule has 1 unspecified atom stereocenters. The van der Waals surface area contributed by atoms with E-state index < -0.39 is 0 Å². The van der Waals surface area contributed by atoms with Crippen molar-refractivity contribution in [2.45, 2.75) is 12.5 Å². The van der Waals surface area contributed by atoms with E-state index in [4.69, 9.17) is 20.4 Å². The van der Waals surface area contributed by atoms with Gasteiger partial charge in [0.25, 0.3) is 6.47 Å². The van der Waals surface area contributed by atoms with Crippen LogP contribution in [0.15, 0.2) is 30.5 Å². The molecule has 5 N–H and O–H groups in total. The number of carbonyl (C=O) groups is 1. The first kappa shape index (κ1) is 16.7. The molecular weight excluding hydrogens is 324 g/mol. The van der Waals surface area contributed by atoms with E-state index in [0.29, 0.717) is 6.61 Å². The van der Waals surface area contributed by atoms with Gasteiger partial charge in [-0.1, -0.05) is 6.07 Å². The zero-order valence-corrected chi connectivity index (χ0v) is 13.3. The van der Waals surface area contributed by atoms with E-state index in [2.05, 4.69) is 25.5 Å². The molecule has 9 nitrogen and oxygen atoms in total. The lowest BCUT2D eigenvalue weighted by Gasteiger charge is -2.14. The van der Waals surface area contributed by atoms with Crippen molar-refractivity contribution >= 4 is 29.1 Å². The summed E-state index contributed by atoms with van der Waals surface area (Å²) in [6.45, 7) is 1.22. The lowest BCUT2D eigenvalue weighted by atomic mass is 10.1. The Labute approximate surface area is 143 Å². The van der Waals surface area contributed by atoms with Gasteiger partial charge >= 0.3 is 0 Å². The number of nitrogens with zero attached hydrogens (tertiary/aromatic N) is 3. The van der Waals surface area contributed by atoms with Gasteiger partial charge in [0, 0.05) is 23.8 Å². The molecular formula is C16H18N6O3. The third kappa shape index (κ3) is 3.83. The van der Waals surface area contributed by atoms with Crippen LogP contribution in [-0.4, -0.2) is 51.0 Å². The monoisotopic (exact) mass is 342 g/mol. The topological polar surface area (TPSA) is 139 Å². The molecule has 1 aliphatic rings. The normalized spacial score (nSPS) is 16.2. The number of ether oxygens (including phenoxy) is 1. The van der Waals surface area contributed by atoms with Crippen molar-refractivity contribution in [1.29, 1.82) is 0 Å². The van der Waals surface area contributed by atoms with Crippen LogP contribution in [0.25, 0.3) is 22.2 Å². The number of nitrogens with two attached hydrogens (primary N) is 1. The molecule has 3 heterocycles. The number of carboxylic acid groups (broad SMARTS) is 1. The summed E-state index contributed by atoms with van der Waals surface area (Å²) in [5, 5.41) is 18.2. The maximum absolute atomic E-state index is 8.36. The molecule has 9 heteroatoms. The van der Waals surface area contributed by atoms with Gasteiger partial charge in [-0.25, -0.2) is 4.98 Å². The Hall–Kier alpha value is -3.20. The fraction of sp³-hybridized carbons (Fsp3) is 0.250. The van der Waals surface area contributed by atoms with Crippen molar-refractivity contribution in [3.05, 3.63) is 30.5 Å². The van der Waals surface area contributed by atoms with Gasteiger partial charge in [-0.15, -0.1) is 0 Å². The van der Waals surface area contributed by atoms with Crippen molar-refractivity contribution in [2.24, 2.45) is 0 Å². The van der Waals surface area contributed by atoms with E-state index in [0.717, 1.165) is 41.0 Å². The Morgan fingerprint density at radius 3 is 2.88 bits per heavy atom. The number of nitrogen functional groups attached to an aromatic ring is 1. The van der Waals surface area contributed by atoms with E-state index in [-0.39, 0.29) is 18.5 Å². The van der Waals surface area contributed by atoms with E-state index in [1.807, 2.05) is 24.3 Å². The highest BCUT2D eigenvalue weighted by Crippen LogP contribution is 2.27. The lowest BCUT2D eigenvalue weighted by molar-refractivity contribution is -0.122. The molecule has 2 aromatic heterocycles. The van der Waals surface area contributed by atoms with Gasteiger partial charge in [0.05, 0.1) is 23.9 Å². The Bertz CT molecular complexity index is 846. The van der Waals surface area contributed by atoms with Crippen LogP contribution in [-0.2, 0) is 9.53 Å². The van der Waals surface area contributed by atoms with Crippen LogP contribution in [0.5, 0.6) is 0 Å². The Morgan fingerprint density at radius 1 is 1.36 bits per heavy atom. The minimum atomic E-state index is -0.250. The van der Waals surface area contributed by atoms with Crippen molar-refractivity contribution in [3.63, 3.8) is 0 Å². The Balaban J connectivity index is 0.000000569. The average Bonchev–Trinajstić information content (AvgIpc) is 3.28. The average molecular weight is 342 g/mol. The number of H-pyrrole nitrogens is 1. The Morgan fingerprint density at radius 2 is 2.20 bits per heavy atom. The minimum Gasteiger partial charge on any atom is -0.483 e. The number of aromatic nitrogens is 4. The molecule has 4 rings (SSSR count). The van der Waals surface area contributed by atoms with Crippen molar-refractivity contribution in [3.8, 4) is 11.3 Å². The quantitative estimate of drug-likeness (QED) is 0.525. The third-order valence-corrected chi connectivity index (χ3v) is 3.80. The number of rotatable bonds is 3. The summed E-state index contributed by atoms with van der Waals surface area (Å²) in [5.41, 5.74) is 8.62. The van der Waals surface area contributed by atoms with Gasteiger partial charge in [0.2, 0.25) is 5.95 Å². The van der Waals surface area contributed by atoms with E-state index in [9.17, 15) is 0 Å². The van der Waals surface area contributed by atoms with Gasteiger partial charge in [-0.2, -0.15) is 10.1 Å². The fourth-order valence-corrected chi connectivity index (χ4v) is 2.68. The van der Waals surface area contributed by atoms with Crippen molar-refractivity contribution < 1.29 is 14.6 Å². The first-order chi connectivity index (χ1) is 12.2. The van der Waals surface area contributed by atoms with Gasteiger partial charge in [-0.05, 0) is 24.6 Å². The second-order valence-electron chi connectivity index (χ2n) is 5.44. The number of fused-ring (bicyclic) bond motifs is 1. The van der Waals surface area contributed by atoms with Gasteiger partial charge in [-0.3, -0.25) is 9.89 Å². The molecule has 25 heavy (non-hydrogen) atoms. The standard InChI is InChI=1S/C15H16N6O.CH2O2/c16-15-19-13-7-9(12-3-5-17-21-12)1-2-11(13)14(20-15)18-10-4-6-22-8-10;2-1-3/h1-3,5,7,10H,4,6,8H2,(H,17,21)(H3,16,18,19,20);1H,(H,2,3). The molecule has 0 bridgehead atoms. The number of hydrogen-bond donors (Lipinski definition) is 4. The molecule has 0 amide bonds. The number of anilines is 2. The first-order valence-electron chi connectivity index (χ1n) is 7.70. The molecule has 1 fully saturated rings. The van der Waals surface area contributed by atoms with Gasteiger partial charge in [0.1, 0.15) is 5.82 Å². The summed E-state index contributed by atoms with van der Waals surface area (Å²) < 4.78 is 5.39. The largest absolute Gasteiger partial charge is 0.483 e. The molecule has 0 saturated carbocycles. The first-order valence-corrected chi connectivity index (χ1v) is 7.70. The van der Waals surface area contributed by atoms with Crippen LogP contribution < -0.4 is 11.1 Å².